The van der Waals surface area contributed by atoms with Crippen molar-refractivity contribution in [2.45, 2.75) is 13.0 Å². The van der Waals surface area contributed by atoms with Crippen molar-refractivity contribution in [3.05, 3.63) is 35.2 Å². The number of ether oxygens (including phenoxy) is 1. The smallest absolute Gasteiger partial charge is 0.315 e. The van der Waals surface area contributed by atoms with Gasteiger partial charge >= 0.3 is 6.03 Å². The first-order valence-corrected chi connectivity index (χ1v) is 7.15. The lowest BCUT2D eigenvalue weighted by atomic mass is 10.2. The van der Waals surface area contributed by atoms with Gasteiger partial charge in [0.15, 0.2) is 0 Å². The predicted octanol–water partition coefficient (Wildman–Crippen LogP) is 2.74. The van der Waals surface area contributed by atoms with E-state index in [2.05, 4.69) is 28.1 Å². The van der Waals surface area contributed by atoms with Crippen molar-refractivity contribution in [1.29, 1.82) is 0 Å². The lowest BCUT2D eigenvalue weighted by Crippen LogP contribution is -2.35. The van der Waals surface area contributed by atoms with Crippen LogP contribution in [0.1, 0.15) is 12.0 Å². The first kappa shape index (κ1) is 13.8. The van der Waals surface area contributed by atoms with Crippen LogP contribution in [0.3, 0.4) is 0 Å². The molecule has 2 amide bonds. The molecule has 0 aliphatic carbocycles. The van der Waals surface area contributed by atoms with E-state index in [0.717, 1.165) is 12.0 Å². The fourth-order valence-electron chi connectivity index (χ4n) is 1.83. The molecule has 0 bridgehead atoms. The normalized spacial score (nSPS) is 10.6. The summed E-state index contributed by atoms with van der Waals surface area (Å²) in [6, 6.07) is 8.08. The van der Waals surface area contributed by atoms with Crippen LogP contribution in [0.4, 0.5) is 4.79 Å². The van der Waals surface area contributed by atoms with Crippen LogP contribution in [0.15, 0.2) is 29.6 Å². The number of carbonyl (C=O) groups excluding carboxylic acids is 1. The Morgan fingerprint density at radius 3 is 3.00 bits per heavy atom. The van der Waals surface area contributed by atoms with Crippen LogP contribution < -0.4 is 10.6 Å². The number of fused-ring (bicyclic) bond motifs is 1. The molecule has 0 saturated heterocycles. The number of carbonyl (C=O) groups is 1. The number of benzene rings is 1. The molecule has 1 aromatic carbocycles. The third kappa shape index (κ3) is 3.94. The van der Waals surface area contributed by atoms with E-state index >= 15 is 0 Å². The lowest BCUT2D eigenvalue weighted by molar-refractivity contribution is 0.193. The van der Waals surface area contributed by atoms with E-state index in [4.69, 9.17) is 4.74 Å². The zero-order chi connectivity index (χ0) is 13.5. The van der Waals surface area contributed by atoms with Gasteiger partial charge in [-0.3, -0.25) is 0 Å². The van der Waals surface area contributed by atoms with Gasteiger partial charge < -0.3 is 15.4 Å². The molecule has 102 valence electrons. The molecule has 1 aromatic heterocycles. The van der Waals surface area contributed by atoms with Crippen LogP contribution in [0.25, 0.3) is 10.1 Å². The molecular formula is C14H18N2O2S. The topological polar surface area (TPSA) is 50.4 Å². The van der Waals surface area contributed by atoms with Crippen LogP contribution in [0.5, 0.6) is 0 Å². The average molecular weight is 278 g/mol. The van der Waals surface area contributed by atoms with Gasteiger partial charge in [0.25, 0.3) is 0 Å². The number of hydrogen-bond acceptors (Lipinski definition) is 3. The molecule has 0 atom stereocenters. The van der Waals surface area contributed by atoms with E-state index in [1.165, 1.54) is 10.1 Å². The summed E-state index contributed by atoms with van der Waals surface area (Å²) in [6.45, 7) is 1.85. The minimum atomic E-state index is -0.133. The van der Waals surface area contributed by atoms with E-state index in [0.29, 0.717) is 19.7 Å². The summed E-state index contributed by atoms with van der Waals surface area (Å²) in [4.78, 5) is 11.6. The number of hydrogen-bond donors (Lipinski definition) is 2. The molecule has 2 aromatic rings. The van der Waals surface area contributed by atoms with E-state index in [1.54, 1.807) is 18.4 Å². The molecule has 1 heterocycles. The maximum absolute atomic E-state index is 11.6. The zero-order valence-corrected chi connectivity index (χ0v) is 11.8. The molecular weight excluding hydrogens is 260 g/mol. The second-order valence-corrected chi connectivity index (χ2v) is 5.12. The molecule has 0 radical (unpaired) electrons. The fourth-order valence-corrected chi connectivity index (χ4v) is 2.79. The van der Waals surface area contributed by atoms with Crippen molar-refractivity contribution in [1.82, 2.24) is 10.6 Å². The average Bonchev–Trinajstić information content (AvgIpc) is 2.85. The van der Waals surface area contributed by atoms with Gasteiger partial charge in [0, 0.05) is 31.5 Å². The molecule has 0 fully saturated rings. The fraction of sp³-hybridized carbons (Fsp3) is 0.357. The standard InChI is InChI=1S/C14H18N2O2S/c1-18-8-4-7-15-14(17)16-9-11-10-19-13-6-3-2-5-12(11)13/h2-3,5-6,10H,4,7-9H2,1H3,(H2,15,16,17). The first-order valence-electron chi connectivity index (χ1n) is 6.27. The number of rotatable bonds is 6. The van der Waals surface area contributed by atoms with Gasteiger partial charge in [0.2, 0.25) is 0 Å². The highest BCUT2D eigenvalue weighted by molar-refractivity contribution is 7.17. The van der Waals surface area contributed by atoms with Crippen molar-refractivity contribution in [3.63, 3.8) is 0 Å². The molecule has 2 N–H and O–H groups in total. The molecule has 0 unspecified atom stereocenters. The van der Waals surface area contributed by atoms with Crippen molar-refractivity contribution >= 4 is 27.5 Å². The Labute approximate surface area is 116 Å². The summed E-state index contributed by atoms with van der Waals surface area (Å²) in [7, 11) is 1.65. The maximum atomic E-state index is 11.6. The monoisotopic (exact) mass is 278 g/mol. The second kappa shape index (κ2) is 7.11. The number of thiophene rings is 1. The van der Waals surface area contributed by atoms with Gasteiger partial charge in [-0.25, -0.2) is 4.79 Å². The minimum Gasteiger partial charge on any atom is -0.385 e. The van der Waals surface area contributed by atoms with Crippen molar-refractivity contribution in [2.24, 2.45) is 0 Å². The predicted molar refractivity (Wildman–Crippen MR) is 78.6 cm³/mol. The van der Waals surface area contributed by atoms with Gasteiger partial charge in [0.1, 0.15) is 0 Å². The lowest BCUT2D eigenvalue weighted by Gasteiger charge is -2.06. The van der Waals surface area contributed by atoms with Crippen LogP contribution in [0, 0.1) is 0 Å². The third-order valence-corrected chi connectivity index (χ3v) is 3.82. The highest BCUT2D eigenvalue weighted by Crippen LogP contribution is 2.25. The Hall–Kier alpha value is -1.59. The second-order valence-electron chi connectivity index (χ2n) is 4.21. The van der Waals surface area contributed by atoms with E-state index in [-0.39, 0.29) is 6.03 Å². The van der Waals surface area contributed by atoms with Crippen molar-refractivity contribution in [2.75, 3.05) is 20.3 Å². The SMILES string of the molecule is COCCCNC(=O)NCc1csc2ccccc12. The molecule has 2 rings (SSSR count). The molecule has 0 aliphatic rings. The van der Waals surface area contributed by atoms with Gasteiger partial charge in [-0.1, -0.05) is 18.2 Å². The Balaban J connectivity index is 1.80. The van der Waals surface area contributed by atoms with Crippen LogP contribution in [-0.4, -0.2) is 26.3 Å². The molecule has 0 spiro atoms. The Kier molecular flexibility index (Phi) is 5.18. The van der Waals surface area contributed by atoms with Crippen molar-refractivity contribution in [3.8, 4) is 0 Å². The zero-order valence-electron chi connectivity index (χ0n) is 10.9. The van der Waals surface area contributed by atoms with Crippen molar-refractivity contribution < 1.29 is 9.53 Å². The van der Waals surface area contributed by atoms with Gasteiger partial charge in [0.05, 0.1) is 0 Å². The molecule has 4 nitrogen and oxygen atoms in total. The van der Waals surface area contributed by atoms with E-state index in [9.17, 15) is 4.79 Å². The number of amides is 2. The Morgan fingerprint density at radius 1 is 1.32 bits per heavy atom. The first-order chi connectivity index (χ1) is 9.31. The van der Waals surface area contributed by atoms with Crippen LogP contribution >= 0.6 is 11.3 Å². The summed E-state index contributed by atoms with van der Waals surface area (Å²) in [5.41, 5.74) is 1.16. The molecule has 0 aliphatic heterocycles. The molecule has 5 heteroatoms. The highest BCUT2D eigenvalue weighted by Gasteiger charge is 2.05. The number of nitrogens with one attached hydrogen (secondary N) is 2. The highest BCUT2D eigenvalue weighted by atomic mass is 32.1. The largest absolute Gasteiger partial charge is 0.385 e. The quantitative estimate of drug-likeness (QED) is 0.798. The minimum absolute atomic E-state index is 0.133. The maximum Gasteiger partial charge on any atom is 0.315 e. The summed E-state index contributed by atoms with van der Waals surface area (Å²) < 4.78 is 6.17. The van der Waals surface area contributed by atoms with Gasteiger partial charge in [-0.05, 0) is 28.8 Å². The number of urea groups is 1. The van der Waals surface area contributed by atoms with Gasteiger partial charge in [-0.15, -0.1) is 11.3 Å². The van der Waals surface area contributed by atoms with Crippen LogP contribution in [-0.2, 0) is 11.3 Å². The number of methoxy groups -OCH3 is 1. The summed E-state index contributed by atoms with van der Waals surface area (Å²) in [5.74, 6) is 0. The van der Waals surface area contributed by atoms with Gasteiger partial charge in [-0.2, -0.15) is 0 Å². The summed E-state index contributed by atoms with van der Waals surface area (Å²) >= 11 is 1.70. The Bertz CT molecular complexity index is 539. The molecule has 19 heavy (non-hydrogen) atoms. The Morgan fingerprint density at radius 2 is 2.16 bits per heavy atom. The van der Waals surface area contributed by atoms with Crippen LogP contribution in [0.2, 0.25) is 0 Å². The van der Waals surface area contributed by atoms with E-state index in [1.807, 2.05) is 12.1 Å². The third-order valence-electron chi connectivity index (χ3n) is 2.81. The molecule has 0 saturated carbocycles. The summed E-state index contributed by atoms with van der Waals surface area (Å²) in [5, 5.41) is 8.98. The summed E-state index contributed by atoms with van der Waals surface area (Å²) in [6.07, 6.45) is 0.825. The van der Waals surface area contributed by atoms with E-state index < -0.39 is 0 Å².